The van der Waals surface area contributed by atoms with Gasteiger partial charge in [0.2, 0.25) is 5.88 Å². The van der Waals surface area contributed by atoms with Crippen molar-refractivity contribution in [2.75, 3.05) is 13.2 Å². The summed E-state index contributed by atoms with van der Waals surface area (Å²) >= 11 is 0. The molecule has 0 aliphatic carbocycles. The second-order valence-corrected chi connectivity index (χ2v) is 6.45. The molecular formula is C16H24N2O3. The Morgan fingerprint density at radius 3 is 2.81 bits per heavy atom. The van der Waals surface area contributed by atoms with Crippen LogP contribution in [0.1, 0.15) is 39.2 Å². The molecule has 5 heteroatoms. The molecule has 1 atom stereocenters. The van der Waals surface area contributed by atoms with Crippen molar-refractivity contribution in [2.45, 2.75) is 52.2 Å². The molecule has 0 saturated carbocycles. The number of pyridine rings is 1. The number of carbonyl (C=O) groups excluding carboxylic acids is 1. The van der Waals surface area contributed by atoms with Crippen molar-refractivity contribution in [2.24, 2.45) is 0 Å². The summed E-state index contributed by atoms with van der Waals surface area (Å²) in [5.41, 5.74) is 0.627. The van der Waals surface area contributed by atoms with Crippen molar-refractivity contribution < 1.29 is 14.3 Å². The fourth-order valence-electron chi connectivity index (χ4n) is 2.29. The standard InChI is InChI=1S/C16H24N2O3/c1-12-7-8-14(17-10-12)20-11-13-6-5-9-18(13)15(19)21-16(2,3)4/h7-8,10,13H,5-6,9,11H2,1-4H3/t13-/m1/s1. The second kappa shape index (κ2) is 6.33. The number of aryl methyl sites for hydroxylation is 1. The maximum atomic E-state index is 12.2. The molecule has 0 bridgehead atoms. The van der Waals surface area contributed by atoms with Crippen LogP contribution in [0.15, 0.2) is 18.3 Å². The Balaban J connectivity index is 1.90. The van der Waals surface area contributed by atoms with E-state index in [1.165, 1.54) is 0 Å². The van der Waals surface area contributed by atoms with E-state index in [1.807, 2.05) is 39.8 Å². The van der Waals surface area contributed by atoms with Gasteiger partial charge in [-0.3, -0.25) is 0 Å². The number of rotatable bonds is 3. The van der Waals surface area contributed by atoms with Gasteiger partial charge in [-0.15, -0.1) is 0 Å². The van der Waals surface area contributed by atoms with Crippen LogP contribution in [0.25, 0.3) is 0 Å². The Hall–Kier alpha value is -1.78. The van der Waals surface area contributed by atoms with Gasteiger partial charge in [-0.2, -0.15) is 0 Å². The first-order valence-electron chi connectivity index (χ1n) is 7.40. The third kappa shape index (κ3) is 4.62. The molecule has 0 unspecified atom stereocenters. The normalized spacial score (nSPS) is 18.7. The Morgan fingerprint density at radius 2 is 2.19 bits per heavy atom. The fourth-order valence-corrected chi connectivity index (χ4v) is 2.29. The summed E-state index contributed by atoms with van der Waals surface area (Å²) in [6.45, 7) is 8.80. The molecule has 1 aliphatic heterocycles. The van der Waals surface area contributed by atoms with Crippen LogP contribution in [0, 0.1) is 6.92 Å². The number of likely N-dealkylation sites (tertiary alicyclic amines) is 1. The van der Waals surface area contributed by atoms with Crippen LogP contribution in [0.5, 0.6) is 5.88 Å². The summed E-state index contributed by atoms with van der Waals surface area (Å²) in [5.74, 6) is 0.594. The van der Waals surface area contributed by atoms with Gasteiger partial charge in [-0.05, 0) is 46.1 Å². The molecule has 0 N–H and O–H groups in total. The minimum absolute atomic E-state index is 0.0583. The lowest BCUT2D eigenvalue weighted by molar-refractivity contribution is 0.0186. The van der Waals surface area contributed by atoms with Crippen LogP contribution >= 0.6 is 0 Å². The summed E-state index contributed by atoms with van der Waals surface area (Å²) in [5, 5.41) is 0. The van der Waals surface area contributed by atoms with Crippen molar-refractivity contribution in [1.82, 2.24) is 9.88 Å². The highest BCUT2D eigenvalue weighted by atomic mass is 16.6. The number of amides is 1. The summed E-state index contributed by atoms with van der Waals surface area (Å²) in [6, 6.07) is 3.87. The molecule has 0 aromatic carbocycles. The Labute approximate surface area is 126 Å². The molecule has 1 amide bonds. The predicted molar refractivity (Wildman–Crippen MR) is 80.4 cm³/mol. The molecule has 1 aliphatic rings. The lowest BCUT2D eigenvalue weighted by Gasteiger charge is -2.28. The molecule has 0 radical (unpaired) electrons. The molecule has 116 valence electrons. The topological polar surface area (TPSA) is 51.7 Å². The maximum absolute atomic E-state index is 12.2. The van der Waals surface area contributed by atoms with E-state index in [0.717, 1.165) is 24.9 Å². The zero-order chi connectivity index (χ0) is 15.5. The SMILES string of the molecule is Cc1ccc(OC[C@H]2CCCN2C(=O)OC(C)(C)C)nc1. The highest BCUT2D eigenvalue weighted by Gasteiger charge is 2.32. The molecular weight excluding hydrogens is 268 g/mol. The molecule has 5 nitrogen and oxygen atoms in total. The molecule has 1 aromatic heterocycles. The van der Waals surface area contributed by atoms with Crippen molar-refractivity contribution in [1.29, 1.82) is 0 Å². The van der Waals surface area contributed by atoms with Gasteiger partial charge in [0.25, 0.3) is 0 Å². The molecule has 21 heavy (non-hydrogen) atoms. The van der Waals surface area contributed by atoms with E-state index in [1.54, 1.807) is 11.1 Å². The molecule has 1 aromatic rings. The van der Waals surface area contributed by atoms with E-state index in [9.17, 15) is 4.79 Å². The van der Waals surface area contributed by atoms with E-state index >= 15 is 0 Å². The van der Waals surface area contributed by atoms with Crippen LogP contribution < -0.4 is 4.74 Å². The van der Waals surface area contributed by atoms with E-state index in [-0.39, 0.29) is 12.1 Å². The van der Waals surface area contributed by atoms with E-state index in [0.29, 0.717) is 12.5 Å². The van der Waals surface area contributed by atoms with Crippen LogP contribution in [0.4, 0.5) is 4.79 Å². The zero-order valence-corrected chi connectivity index (χ0v) is 13.3. The molecule has 2 rings (SSSR count). The van der Waals surface area contributed by atoms with E-state index in [4.69, 9.17) is 9.47 Å². The predicted octanol–water partition coefficient (Wildman–Crippen LogP) is 3.17. The van der Waals surface area contributed by atoms with Gasteiger partial charge < -0.3 is 14.4 Å². The number of hydrogen-bond donors (Lipinski definition) is 0. The average molecular weight is 292 g/mol. The highest BCUT2D eigenvalue weighted by Crippen LogP contribution is 2.21. The van der Waals surface area contributed by atoms with Gasteiger partial charge in [-0.25, -0.2) is 9.78 Å². The molecule has 1 saturated heterocycles. The van der Waals surface area contributed by atoms with Gasteiger partial charge in [-0.1, -0.05) is 6.07 Å². The van der Waals surface area contributed by atoms with Crippen LogP contribution in [-0.2, 0) is 4.74 Å². The molecule has 1 fully saturated rings. The Bertz CT molecular complexity index is 479. The third-order valence-electron chi connectivity index (χ3n) is 3.31. The minimum Gasteiger partial charge on any atom is -0.475 e. The van der Waals surface area contributed by atoms with Crippen molar-refractivity contribution >= 4 is 6.09 Å². The monoisotopic (exact) mass is 292 g/mol. The Morgan fingerprint density at radius 1 is 1.43 bits per heavy atom. The highest BCUT2D eigenvalue weighted by molar-refractivity contribution is 5.69. The minimum atomic E-state index is -0.469. The smallest absolute Gasteiger partial charge is 0.410 e. The van der Waals surface area contributed by atoms with Crippen molar-refractivity contribution in [3.05, 3.63) is 23.9 Å². The van der Waals surface area contributed by atoms with Gasteiger partial charge in [0, 0.05) is 18.8 Å². The average Bonchev–Trinajstić information content (AvgIpc) is 2.84. The summed E-state index contributed by atoms with van der Waals surface area (Å²) in [6.07, 6.45) is 3.43. The largest absolute Gasteiger partial charge is 0.475 e. The quantitative estimate of drug-likeness (QED) is 0.858. The Kier molecular flexibility index (Phi) is 4.70. The zero-order valence-electron chi connectivity index (χ0n) is 13.3. The van der Waals surface area contributed by atoms with Gasteiger partial charge in [0.1, 0.15) is 12.2 Å². The first-order chi connectivity index (χ1) is 9.85. The first-order valence-corrected chi connectivity index (χ1v) is 7.40. The van der Waals surface area contributed by atoms with E-state index < -0.39 is 5.60 Å². The number of ether oxygens (including phenoxy) is 2. The number of nitrogens with zero attached hydrogens (tertiary/aromatic N) is 2. The van der Waals surface area contributed by atoms with Crippen molar-refractivity contribution in [3.63, 3.8) is 0 Å². The van der Waals surface area contributed by atoms with Crippen LogP contribution in [-0.4, -0.2) is 40.8 Å². The first kappa shape index (κ1) is 15.6. The number of hydrogen-bond acceptors (Lipinski definition) is 4. The van der Waals surface area contributed by atoms with Gasteiger partial charge >= 0.3 is 6.09 Å². The lowest BCUT2D eigenvalue weighted by atomic mass is 10.2. The second-order valence-electron chi connectivity index (χ2n) is 6.45. The number of aromatic nitrogens is 1. The van der Waals surface area contributed by atoms with E-state index in [2.05, 4.69) is 4.98 Å². The van der Waals surface area contributed by atoms with Crippen molar-refractivity contribution in [3.8, 4) is 5.88 Å². The fraction of sp³-hybridized carbons (Fsp3) is 0.625. The third-order valence-corrected chi connectivity index (χ3v) is 3.31. The number of carbonyl (C=O) groups is 1. The summed E-state index contributed by atoms with van der Waals surface area (Å²) in [7, 11) is 0. The van der Waals surface area contributed by atoms with Crippen LogP contribution in [0.3, 0.4) is 0 Å². The van der Waals surface area contributed by atoms with Gasteiger partial charge in [0.15, 0.2) is 0 Å². The molecule has 2 heterocycles. The lowest BCUT2D eigenvalue weighted by Crippen LogP contribution is -2.42. The summed E-state index contributed by atoms with van der Waals surface area (Å²) in [4.78, 5) is 18.1. The summed E-state index contributed by atoms with van der Waals surface area (Å²) < 4.78 is 11.1. The van der Waals surface area contributed by atoms with Gasteiger partial charge in [0.05, 0.1) is 6.04 Å². The molecule has 0 spiro atoms. The maximum Gasteiger partial charge on any atom is 0.410 e. The van der Waals surface area contributed by atoms with Crippen LogP contribution in [0.2, 0.25) is 0 Å².